The van der Waals surface area contributed by atoms with Crippen LogP contribution in [-0.2, 0) is 6.54 Å². The lowest BCUT2D eigenvalue weighted by molar-refractivity contribution is -0.143. The number of likely N-dealkylation sites (tertiary alicyclic amines) is 1. The number of likely N-dealkylation sites (N-methyl/N-ethyl adjacent to an activating group) is 1. The quantitative estimate of drug-likeness (QED) is 0.319. The van der Waals surface area contributed by atoms with E-state index in [1.54, 1.807) is 0 Å². The van der Waals surface area contributed by atoms with Gasteiger partial charge in [0.2, 0.25) is 0 Å². The summed E-state index contributed by atoms with van der Waals surface area (Å²) in [6.45, 7) is 7.08. The van der Waals surface area contributed by atoms with Crippen LogP contribution in [0.25, 0.3) is 0 Å². The van der Waals surface area contributed by atoms with Gasteiger partial charge in [0.05, 0.1) is 13.1 Å². The SMILES string of the molecule is CCNC(=NCc1ccc(N2CCN(C)CC2)nc1)NC1CCN(CC(F)(F)F)C1.I. The van der Waals surface area contributed by atoms with Crippen LogP contribution in [0.2, 0.25) is 0 Å². The molecule has 3 rings (SSSR count). The normalized spacial score (nSPS) is 21.1. The number of nitrogens with one attached hydrogen (secondary N) is 2. The van der Waals surface area contributed by atoms with Gasteiger partial charge in [-0.2, -0.15) is 13.2 Å². The van der Waals surface area contributed by atoms with Crippen molar-refractivity contribution in [3.05, 3.63) is 23.9 Å². The molecule has 0 aliphatic carbocycles. The monoisotopic (exact) mass is 555 g/mol. The summed E-state index contributed by atoms with van der Waals surface area (Å²) in [5.41, 5.74) is 0.996. The summed E-state index contributed by atoms with van der Waals surface area (Å²) in [6.07, 6.45) is -1.64. The Bertz CT molecular complexity index is 691. The lowest BCUT2D eigenvalue weighted by Gasteiger charge is -2.33. The molecule has 1 atom stereocenters. The van der Waals surface area contributed by atoms with Crippen molar-refractivity contribution in [2.45, 2.75) is 32.1 Å². The van der Waals surface area contributed by atoms with E-state index >= 15 is 0 Å². The number of guanidine groups is 1. The van der Waals surface area contributed by atoms with E-state index in [-0.39, 0.29) is 30.0 Å². The van der Waals surface area contributed by atoms with Gasteiger partial charge in [-0.05, 0) is 32.0 Å². The Morgan fingerprint density at radius 2 is 1.94 bits per heavy atom. The topological polar surface area (TPSA) is 59.0 Å². The minimum Gasteiger partial charge on any atom is -0.357 e. The molecule has 0 saturated carbocycles. The molecular weight excluding hydrogens is 522 g/mol. The zero-order valence-electron chi connectivity index (χ0n) is 18.2. The average molecular weight is 555 g/mol. The predicted octanol–water partition coefficient (Wildman–Crippen LogP) is 2.14. The van der Waals surface area contributed by atoms with Crippen molar-refractivity contribution in [2.75, 3.05) is 64.3 Å². The molecule has 176 valence electrons. The Hall–Kier alpha value is -1.34. The van der Waals surface area contributed by atoms with E-state index in [9.17, 15) is 13.2 Å². The number of piperazine rings is 1. The minimum atomic E-state index is -4.16. The van der Waals surface area contributed by atoms with Gasteiger partial charge in [0.25, 0.3) is 0 Å². The highest BCUT2D eigenvalue weighted by atomic mass is 127. The van der Waals surface area contributed by atoms with Crippen LogP contribution in [0.1, 0.15) is 18.9 Å². The van der Waals surface area contributed by atoms with Crippen LogP contribution in [0.4, 0.5) is 19.0 Å². The fourth-order valence-electron chi connectivity index (χ4n) is 3.76. The molecule has 0 spiro atoms. The molecule has 0 radical (unpaired) electrons. The lowest BCUT2D eigenvalue weighted by Crippen LogP contribution is -2.45. The van der Waals surface area contributed by atoms with Gasteiger partial charge in [0, 0.05) is 58.1 Å². The van der Waals surface area contributed by atoms with E-state index in [1.807, 2.05) is 25.3 Å². The van der Waals surface area contributed by atoms with Gasteiger partial charge in [0.15, 0.2) is 5.96 Å². The summed E-state index contributed by atoms with van der Waals surface area (Å²) >= 11 is 0. The first-order valence-electron chi connectivity index (χ1n) is 10.5. The molecule has 11 heteroatoms. The van der Waals surface area contributed by atoms with Crippen molar-refractivity contribution in [3.63, 3.8) is 0 Å². The van der Waals surface area contributed by atoms with Crippen molar-refractivity contribution >= 4 is 35.8 Å². The smallest absolute Gasteiger partial charge is 0.357 e. The number of hydrogen-bond acceptors (Lipinski definition) is 5. The third kappa shape index (κ3) is 8.60. The van der Waals surface area contributed by atoms with Crippen LogP contribution in [0.3, 0.4) is 0 Å². The lowest BCUT2D eigenvalue weighted by atomic mass is 10.2. The zero-order chi connectivity index (χ0) is 21.6. The van der Waals surface area contributed by atoms with Crippen LogP contribution < -0.4 is 15.5 Å². The van der Waals surface area contributed by atoms with Gasteiger partial charge in [0.1, 0.15) is 5.82 Å². The summed E-state index contributed by atoms with van der Waals surface area (Å²) in [5, 5.41) is 6.44. The maximum atomic E-state index is 12.6. The number of anilines is 1. The molecule has 2 saturated heterocycles. The number of hydrogen-bond donors (Lipinski definition) is 2. The van der Waals surface area contributed by atoms with Crippen molar-refractivity contribution < 1.29 is 13.2 Å². The molecule has 1 aromatic heterocycles. The molecule has 2 fully saturated rings. The van der Waals surface area contributed by atoms with E-state index in [0.717, 1.165) is 37.6 Å². The first-order valence-corrected chi connectivity index (χ1v) is 10.5. The molecule has 31 heavy (non-hydrogen) atoms. The van der Waals surface area contributed by atoms with Crippen molar-refractivity contribution in [2.24, 2.45) is 4.99 Å². The highest BCUT2D eigenvalue weighted by Crippen LogP contribution is 2.20. The Balaban J connectivity index is 0.00000341. The molecule has 1 unspecified atom stereocenters. The van der Waals surface area contributed by atoms with Crippen molar-refractivity contribution in [1.82, 2.24) is 25.4 Å². The van der Waals surface area contributed by atoms with E-state index < -0.39 is 12.7 Å². The van der Waals surface area contributed by atoms with Crippen LogP contribution in [-0.4, -0.2) is 92.4 Å². The molecule has 3 heterocycles. The Kier molecular flexibility index (Phi) is 10.1. The van der Waals surface area contributed by atoms with Crippen molar-refractivity contribution in [3.8, 4) is 0 Å². The van der Waals surface area contributed by atoms with Crippen LogP contribution in [0.5, 0.6) is 0 Å². The first kappa shape index (κ1) is 25.9. The number of rotatable bonds is 6. The largest absolute Gasteiger partial charge is 0.401 e. The number of pyridine rings is 1. The minimum absolute atomic E-state index is 0. The molecule has 0 amide bonds. The number of halogens is 4. The van der Waals surface area contributed by atoms with E-state index in [4.69, 9.17) is 0 Å². The molecule has 1 aromatic rings. The third-order valence-corrected chi connectivity index (χ3v) is 5.42. The molecule has 0 bridgehead atoms. The third-order valence-electron chi connectivity index (χ3n) is 5.42. The van der Waals surface area contributed by atoms with Gasteiger partial charge in [-0.3, -0.25) is 4.90 Å². The molecule has 2 N–H and O–H groups in total. The van der Waals surface area contributed by atoms with E-state index in [0.29, 0.717) is 38.6 Å². The Morgan fingerprint density at radius 1 is 1.19 bits per heavy atom. The standard InChI is InChI=1S/C20H32F3N7.HI/c1-3-24-19(27-17-6-7-29(14-17)15-20(21,22)23)26-13-16-4-5-18(25-12-16)30-10-8-28(2)9-11-30;/h4-5,12,17H,3,6-11,13-15H2,1-2H3,(H2,24,26,27);1H. The van der Waals surface area contributed by atoms with Crippen LogP contribution in [0, 0.1) is 0 Å². The second kappa shape index (κ2) is 12.0. The second-order valence-corrected chi connectivity index (χ2v) is 7.99. The maximum Gasteiger partial charge on any atom is 0.401 e. The molecule has 2 aliphatic heterocycles. The number of alkyl halides is 3. The van der Waals surface area contributed by atoms with Gasteiger partial charge in [-0.1, -0.05) is 6.07 Å². The average Bonchev–Trinajstić information content (AvgIpc) is 3.12. The molecule has 2 aliphatic rings. The van der Waals surface area contributed by atoms with Gasteiger partial charge in [-0.25, -0.2) is 9.98 Å². The molecular formula is C20H33F3IN7. The summed E-state index contributed by atoms with van der Waals surface area (Å²) < 4.78 is 37.7. The Labute approximate surface area is 199 Å². The molecule has 0 aromatic carbocycles. The van der Waals surface area contributed by atoms with E-state index in [1.165, 1.54) is 4.90 Å². The number of nitrogens with zero attached hydrogens (tertiary/aromatic N) is 5. The van der Waals surface area contributed by atoms with Crippen LogP contribution >= 0.6 is 24.0 Å². The molecule has 7 nitrogen and oxygen atoms in total. The van der Waals surface area contributed by atoms with Crippen molar-refractivity contribution in [1.29, 1.82) is 0 Å². The Morgan fingerprint density at radius 3 is 2.55 bits per heavy atom. The predicted molar refractivity (Wildman–Crippen MR) is 128 cm³/mol. The maximum absolute atomic E-state index is 12.6. The number of aromatic nitrogens is 1. The highest BCUT2D eigenvalue weighted by Gasteiger charge is 2.34. The van der Waals surface area contributed by atoms with Gasteiger partial charge in [-0.15, -0.1) is 24.0 Å². The highest BCUT2D eigenvalue weighted by molar-refractivity contribution is 14.0. The first-order chi connectivity index (χ1) is 14.3. The van der Waals surface area contributed by atoms with Crippen LogP contribution in [0.15, 0.2) is 23.3 Å². The van der Waals surface area contributed by atoms with E-state index in [2.05, 4.69) is 37.5 Å². The number of aliphatic imine (C=N–C) groups is 1. The van der Waals surface area contributed by atoms with Gasteiger partial charge >= 0.3 is 6.18 Å². The summed E-state index contributed by atoms with van der Waals surface area (Å²) in [4.78, 5) is 15.2. The fraction of sp³-hybridized carbons (Fsp3) is 0.700. The summed E-state index contributed by atoms with van der Waals surface area (Å²) in [5.74, 6) is 1.61. The second-order valence-electron chi connectivity index (χ2n) is 7.99. The summed E-state index contributed by atoms with van der Waals surface area (Å²) in [6, 6.07) is 4.03. The zero-order valence-corrected chi connectivity index (χ0v) is 20.5. The van der Waals surface area contributed by atoms with Gasteiger partial charge < -0.3 is 20.4 Å². The fourth-order valence-corrected chi connectivity index (χ4v) is 3.76. The summed E-state index contributed by atoms with van der Waals surface area (Å²) in [7, 11) is 2.13.